The van der Waals surface area contributed by atoms with Crippen molar-refractivity contribution in [2.75, 3.05) is 18.0 Å². The van der Waals surface area contributed by atoms with Crippen molar-refractivity contribution >= 4 is 17.2 Å². The third-order valence-corrected chi connectivity index (χ3v) is 6.12. The Bertz CT molecular complexity index is 1000. The number of fused-ring (bicyclic) bond motifs is 1. The molecule has 2 fully saturated rings. The van der Waals surface area contributed by atoms with E-state index in [4.69, 9.17) is 0 Å². The fourth-order valence-corrected chi connectivity index (χ4v) is 4.24. The Morgan fingerprint density at radius 1 is 1.32 bits per heavy atom. The zero-order chi connectivity index (χ0) is 19.5. The molecular weight excluding hydrogens is 385 g/mol. The number of nitrogens with zero attached hydrogens (tertiary/aromatic N) is 2. The molecule has 1 saturated heterocycles. The van der Waals surface area contributed by atoms with Gasteiger partial charge in [-0.05, 0) is 49.3 Å². The molecule has 152 valence electrons. The van der Waals surface area contributed by atoms with E-state index < -0.39 is 17.3 Å². The number of aromatic carboxylic acids is 1. The number of aryl methyl sites for hydroxylation is 1. The van der Waals surface area contributed by atoms with Gasteiger partial charge in [-0.15, -0.1) is 0 Å². The topological polar surface area (TPSA) is 89.7 Å². The highest BCUT2D eigenvalue weighted by Crippen LogP contribution is 2.44. The third kappa shape index (κ3) is 3.26. The fraction of sp³-hybridized carbons (Fsp3) is 0.500. The number of aromatic nitrogens is 1. The van der Waals surface area contributed by atoms with Crippen molar-refractivity contribution in [3.8, 4) is 0 Å². The number of piperidine rings is 1. The van der Waals surface area contributed by atoms with E-state index in [0.717, 1.165) is 37.6 Å². The van der Waals surface area contributed by atoms with Crippen molar-refractivity contribution in [2.45, 2.75) is 45.1 Å². The molecule has 28 heavy (non-hydrogen) atoms. The minimum absolute atomic E-state index is 0. The van der Waals surface area contributed by atoms with Crippen molar-refractivity contribution in [2.24, 2.45) is 5.92 Å². The van der Waals surface area contributed by atoms with Gasteiger partial charge in [-0.25, -0.2) is 9.18 Å². The van der Waals surface area contributed by atoms with Crippen molar-refractivity contribution in [1.82, 2.24) is 4.40 Å². The summed E-state index contributed by atoms with van der Waals surface area (Å²) in [6, 6.07) is 1.71. The quantitative estimate of drug-likeness (QED) is 0.665. The summed E-state index contributed by atoms with van der Waals surface area (Å²) in [5.41, 5.74) is 5.92. The molecule has 0 spiro atoms. The predicted molar refractivity (Wildman–Crippen MR) is 100.0 cm³/mol. The second kappa shape index (κ2) is 7.37. The number of hydrogen-bond acceptors (Lipinski definition) is 3. The predicted octanol–water partition coefficient (Wildman–Crippen LogP) is -1.22. The first kappa shape index (κ1) is 20.6. The van der Waals surface area contributed by atoms with Crippen LogP contribution in [0.5, 0.6) is 0 Å². The summed E-state index contributed by atoms with van der Waals surface area (Å²) in [6.45, 7) is 5.41. The number of hydrogen-bond donors (Lipinski definition) is 2. The summed E-state index contributed by atoms with van der Waals surface area (Å²) in [5.74, 6) is -1.04. The number of rotatable bonds is 3. The molecule has 0 bridgehead atoms. The SMILES string of the molecule is Cc1c(N2CC[C@@H](C)[C@@H]([NH3+])C2)c(F)cn2c(=O)c(C(=O)O)cc(C3CC3)c12.[Cl-]. The molecule has 2 aliphatic rings. The summed E-state index contributed by atoms with van der Waals surface area (Å²) < 4.78 is 16.3. The zero-order valence-corrected chi connectivity index (χ0v) is 16.8. The first-order chi connectivity index (χ1) is 12.8. The van der Waals surface area contributed by atoms with Gasteiger partial charge in [0.15, 0.2) is 5.82 Å². The van der Waals surface area contributed by atoms with Gasteiger partial charge < -0.3 is 28.1 Å². The van der Waals surface area contributed by atoms with Crippen molar-refractivity contribution in [3.05, 3.63) is 45.1 Å². The molecule has 0 amide bonds. The van der Waals surface area contributed by atoms with Gasteiger partial charge in [-0.2, -0.15) is 0 Å². The number of carboxylic acids is 1. The van der Waals surface area contributed by atoms with E-state index >= 15 is 4.39 Å². The Morgan fingerprint density at radius 3 is 2.57 bits per heavy atom. The van der Waals surface area contributed by atoms with E-state index in [2.05, 4.69) is 12.7 Å². The average molecular weight is 410 g/mol. The first-order valence-electron chi connectivity index (χ1n) is 9.49. The van der Waals surface area contributed by atoms with Crippen LogP contribution in [0.1, 0.15) is 53.6 Å². The highest BCUT2D eigenvalue weighted by molar-refractivity contribution is 5.89. The zero-order valence-electron chi connectivity index (χ0n) is 16.0. The summed E-state index contributed by atoms with van der Waals surface area (Å²) in [6.07, 6.45) is 4.02. The second-order valence-electron chi connectivity index (χ2n) is 8.04. The molecule has 4 N–H and O–H groups in total. The van der Waals surface area contributed by atoms with E-state index in [1.807, 2.05) is 11.8 Å². The molecule has 6 nitrogen and oxygen atoms in total. The van der Waals surface area contributed by atoms with E-state index in [9.17, 15) is 14.7 Å². The van der Waals surface area contributed by atoms with Crippen LogP contribution in [0.4, 0.5) is 10.1 Å². The second-order valence-corrected chi connectivity index (χ2v) is 8.04. The Kier molecular flexibility index (Phi) is 5.42. The van der Waals surface area contributed by atoms with E-state index in [1.54, 1.807) is 0 Å². The molecule has 3 heterocycles. The van der Waals surface area contributed by atoms with Gasteiger partial charge in [0.05, 0.1) is 23.9 Å². The lowest BCUT2D eigenvalue weighted by atomic mass is 9.93. The van der Waals surface area contributed by atoms with E-state index in [0.29, 0.717) is 29.2 Å². The molecule has 0 aromatic carbocycles. The maximum absolute atomic E-state index is 15.1. The summed E-state index contributed by atoms with van der Waals surface area (Å²) in [7, 11) is 0. The van der Waals surface area contributed by atoms with Crippen LogP contribution in [0, 0.1) is 18.7 Å². The lowest BCUT2D eigenvalue weighted by Crippen LogP contribution is -3.00. The number of halogens is 2. The first-order valence-corrected chi connectivity index (χ1v) is 9.49. The smallest absolute Gasteiger partial charge is 0.341 e. The molecule has 1 aliphatic carbocycles. The van der Waals surface area contributed by atoms with Crippen LogP contribution in [-0.4, -0.2) is 34.6 Å². The average Bonchev–Trinajstić information content (AvgIpc) is 3.43. The minimum Gasteiger partial charge on any atom is -1.00 e. The van der Waals surface area contributed by atoms with Gasteiger partial charge >= 0.3 is 5.97 Å². The van der Waals surface area contributed by atoms with Gasteiger partial charge in [0, 0.05) is 12.5 Å². The van der Waals surface area contributed by atoms with E-state index in [1.165, 1.54) is 10.5 Å². The highest BCUT2D eigenvalue weighted by atomic mass is 35.5. The standard InChI is InChI=1S/C20H24FN3O3.ClH/c1-10-5-6-23(9-16(10)22)18-11(2)17-13(12-3-4-12)7-14(20(26)27)19(25)24(17)8-15(18)21;/h7-8,10,12,16H,3-6,9,22H2,1-2H3,(H,26,27);1H/t10-,16+;/m1./s1. The van der Waals surface area contributed by atoms with Crippen LogP contribution in [0.25, 0.3) is 5.52 Å². The van der Waals surface area contributed by atoms with Crippen LogP contribution in [-0.2, 0) is 0 Å². The number of quaternary nitrogens is 1. The van der Waals surface area contributed by atoms with Crippen molar-refractivity contribution < 1.29 is 32.4 Å². The molecule has 2 aromatic rings. The number of carboxylic acid groups (broad SMARTS) is 1. The van der Waals surface area contributed by atoms with Crippen LogP contribution < -0.4 is 28.6 Å². The molecule has 1 aliphatic heterocycles. The Hall–Kier alpha value is -2.12. The highest BCUT2D eigenvalue weighted by Gasteiger charge is 2.32. The van der Waals surface area contributed by atoms with Gasteiger partial charge in [0.2, 0.25) is 0 Å². The molecular formula is C20H25ClFN3O3. The Balaban J connectivity index is 0.00000225. The van der Waals surface area contributed by atoms with Gasteiger partial charge in [0.1, 0.15) is 11.6 Å². The van der Waals surface area contributed by atoms with Gasteiger partial charge in [0.25, 0.3) is 5.56 Å². The third-order valence-electron chi connectivity index (χ3n) is 6.12. The molecule has 1 saturated carbocycles. The van der Waals surface area contributed by atoms with E-state index in [-0.39, 0.29) is 29.9 Å². The largest absolute Gasteiger partial charge is 1.00 e. The maximum atomic E-state index is 15.1. The number of carbonyl (C=O) groups is 1. The Morgan fingerprint density at radius 2 is 2.00 bits per heavy atom. The summed E-state index contributed by atoms with van der Waals surface area (Å²) in [5, 5.41) is 9.38. The summed E-state index contributed by atoms with van der Waals surface area (Å²) in [4.78, 5) is 26.2. The normalized spacial score (nSPS) is 22.2. The van der Waals surface area contributed by atoms with Gasteiger partial charge in [-0.1, -0.05) is 6.92 Å². The van der Waals surface area contributed by atoms with Crippen molar-refractivity contribution in [1.29, 1.82) is 0 Å². The lowest BCUT2D eigenvalue weighted by molar-refractivity contribution is -0.430. The molecule has 8 heteroatoms. The Labute approximate surface area is 168 Å². The maximum Gasteiger partial charge on any atom is 0.341 e. The molecule has 0 radical (unpaired) electrons. The molecule has 0 unspecified atom stereocenters. The number of anilines is 1. The molecule has 2 aromatic heterocycles. The minimum atomic E-state index is -1.27. The van der Waals surface area contributed by atoms with Crippen molar-refractivity contribution in [3.63, 3.8) is 0 Å². The monoisotopic (exact) mass is 409 g/mol. The van der Waals surface area contributed by atoms with Crippen LogP contribution in [0.3, 0.4) is 0 Å². The lowest BCUT2D eigenvalue weighted by Gasteiger charge is -2.36. The summed E-state index contributed by atoms with van der Waals surface area (Å²) >= 11 is 0. The van der Waals surface area contributed by atoms with Crippen LogP contribution >= 0.6 is 0 Å². The van der Waals surface area contributed by atoms with Gasteiger partial charge in [-0.3, -0.25) is 9.20 Å². The molecule has 4 rings (SSSR count). The molecule has 2 atom stereocenters. The fourth-order valence-electron chi connectivity index (χ4n) is 4.24. The van der Waals surface area contributed by atoms with Crippen LogP contribution in [0.2, 0.25) is 0 Å². The van der Waals surface area contributed by atoms with Crippen LogP contribution in [0.15, 0.2) is 17.1 Å². The number of pyridine rings is 2.